The highest BCUT2D eigenvalue weighted by molar-refractivity contribution is 5.93. The van der Waals surface area contributed by atoms with E-state index in [1.165, 1.54) is 13.2 Å². The third kappa shape index (κ3) is 4.29. The summed E-state index contributed by atoms with van der Waals surface area (Å²) in [5, 5.41) is 0. The van der Waals surface area contributed by atoms with E-state index >= 15 is 0 Å². The predicted molar refractivity (Wildman–Crippen MR) is 107 cm³/mol. The number of likely N-dealkylation sites (tertiary alicyclic amines) is 1. The first-order chi connectivity index (χ1) is 14.0. The summed E-state index contributed by atoms with van der Waals surface area (Å²) < 4.78 is 21.0. The van der Waals surface area contributed by atoms with Gasteiger partial charge in [0.15, 0.2) is 0 Å². The monoisotopic (exact) mass is 399 g/mol. The van der Waals surface area contributed by atoms with Gasteiger partial charge in [-0.05, 0) is 44.0 Å². The van der Waals surface area contributed by atoms with E-state index in [1.54, 1.807) is 33.3 Å². The van der Waals surface area contributed by atoms with E-state index in [9.17, 15) is 9.59 Å². The Morgan fingerprint density at radius 2 is 1.97 bits per heavy atom. The predicted octanol–water partition coefficient (Wildman–Crippen LogP) is 3.77. The Morgan fingerprint density at radius 1 is 1.17 bits per heavy atom. The van der Waals surface area contributed by atoms with Gasteiger partial charge in [-0.3, -0.25) is 4.79 Å². The van der Waals surface area contributed by atoms with Gasteiger partial charge >= 0.3 is 5.97 Å². The van der Waals surface area contributed by atoms with E-state index in [0.717, 1.165) is 18.4 Å². The number of aryl methyl sites for hydroxylation is 1. The molecule has 154 valence electrons. The number of hydrogen-bond acceptors (Lipinski definition) is 6. The SMILES string of the molecule is COC(=O)c1cc(/C=C/C(=O)N2CCCC2c2ccc(OC)cc2OC)oc1C. The van der Waals surface area contributed by atoms with Gasteiger partial charge in [-0.15, -0.1) is 0 Å². The van der Waals surface area contributed by atoms with E-state index in [1.807, 2.05) is 23.1 Å². The molecule has 1 unspecified atom stereocenters. The second-order valence-electron chi connectivity index (χ2n) is 6.74. The maximum Gasteiger partial charge on any atom is 0.341 e. The van der Waals surface area contributed by atoms with Gasteiger partial charge in [0, 0.05) is 24.3 Å². The zero-order chi connectivity index (χ0) is 21.0. The number of nitrogens with zero attached hydrogens (tertiary/aromatic N) is 1. The standard InChI is InChI=1S/C22H25NO6/c1-14-18(22(25)28-4)12-16(29-14)8-10-21(24)23-11-5-6-19(23)17-9-7-15(26-2)13-20(17)27-3/h7-10,12-13,19H,5-6,11H2,1-4H3/b10-8+. The molecule has 2 heterocycles. The minimum absolute atomic E-state index is 0.0722. The number of ether oxygens (including phenoxy) is 3. The van der Waals surface area contributed by atoms with Crippen molar-refractivity contribution in [2.75, 3.05) is 27.9 Å². The lowest BCUT2D eigenvalue weighted by molar-refractivity contribution is -0.126. The average Bonchev–Trinajstić information content (AvgIpc) is 3.37. The van der Waals surface area contributed by atoms with Gasteiger partial charge in [0.2, 0.25) is 5.91 Å². The number of hydrogen-bond donors (Lipinski definition) is 0. The van der Waals surface area contributed by atoms with Crippen LogP contribution in [-0.2, 0) is 9.53 Å². The summed E-state index contributed by atoms with van der Waals surface area (Å²) in [4.78, 5) is 26.4. The minimum atomic E-state index is -0.469. The van der Waals surface area contributed by atoms with Crippen LogP contribution in [-0.4, -0.2) is 44.7 Å². The van der Waals surface area contributed by atoms with Gasteiger partial charge in [-0.25, -0.2) is 4.79 Å². The number of rotatable bonds is 6. The maximum atomic E-state index is 12.8. The van der Waals surface area contributed by atoms with Crippen LogP contribution < -0.4 is 9.47 Å². The summed E-state index contributed by atoms with van der Waals surface area (Å²) in [5.41, 5.74) is 1.30. The molecule has 7 heteroatoms. The third-order valence-electron chi connectivity index (χ3n) is 5.07. The van der Waals surface area contributed by atoms with Gasteiger partial charge < -0.3 is 23.5 Å². The van der Waals surface area contributed by atoms with Crippen LogP contribution in [0.5, 0.6) is 11.5 Å². The van der Waals surface area contributed by atoms with Crippen molar-refractivity contribution in [3.05, 3.63) is 53.0 Å². The molecule has 1 amide bonds. The van der Waals surface area contributed by atoms with Crippen molar-refractivity contribution in [1.82, 2.24) is 4.90 Å². The van der Waals surface area contributed by atoms with Crippen LogP contribution in [0.15, 0.2) is 34.8 Å². The molecule has 0 radical (unpaired) electrons. The Balaban J connectivity index is 1.79. The first kappa shape index (κ1) is 20.5. The fraction of sp³-hybridized carbons (Fsp3) is 0.364. The van der Waals surface area contributed by atoms with E-state index in [0.29, 0.717) is 35.1 Å². The number of carbonyl (C=O) groups is 2. The van der Waals surface area contributed by atoms with Crippen molar-refractivity contribution >= 4 is 18.0 Å². The molecular weight excluding hydrogens is 374 g/mol. The molecule has 3 rings (SSSR count). The second-order valence-corrected chi connectivity index (χ2v) is 6.74. The lowest BCUT2D eigenvalue weighted by atomic mass is 10.0. The molecule has 0 aliphatic carbocycles. The number of esters is 1. The number of benzene rings is 1. The molecule has 0 spiro atoms. The zero-order valence-electron chi connectivity index (χ0n) is 17.1. The van der Waals surface area contributed by atoms with Crippen LogP contribution in [0.3, 0.4) is 0 Å². The first-order valence-electron chi connectivity index (χ1n) is 9.37. The molecule has 1 saturated heterocycles. The number of amides is 1. The highest BCUT2D eigenvalue weighted by Crippen LogP contribution is 2.38. The topological polar surface area (TPSA) is 78.2 Å². The Morgan fingerprint density at radius 3 is 2.66 bits per heavy atom. The Kier molecular flexibility index (Phi) is 6.26. The Labute approximate surface area is 169 Å². The zero-order valence-corrected chi connectivity index (χ0v) is 17.1. The molecule has 1 aliphatic rings. The highest BCUT2D eigenvalue weighted by Gasteiger charge is 2.31. The molecule has 1 aliphatic heterocycles. The Bertz CT molecular complexity index is 929. The molecule has 7 nitrogen and oxygen atoms in total. The summed E-state index contributed by atoms with van der Waals surface area (Å²) in [6.07, 6.45) is 4.80. The fourth-order valence-corrected chi connectivity index (χ4v) is 3.60. The van der Waals surface area contributed by atoms with Crippen LogP contribution in [0.4, 0.5) is 0 Å². The van der Waals surface area contributed by atoms with Crippen molar-refractivity contribution in [3.63, 3.8) is 0 Å². The van der Waals surface area contributed by atoms with Crippen molar-refractivity contribution in [2.24, 2.45) is 0 Å². The summed E-state index contributed by atoms with van der Waals surface area (Å²) in [5.74, 6) is 1.68. The van der Waals surface area contributed by atoms with Crippen LogP contribution >= 0.6 is 0 Å². The van der Waals surface area contributed by atoms with E-state index in [4.69, 9.17) is 18.6 Å². The van der Waals surface area contributed by atoms with Crippen LogP contribution in [0, 0.1) is 6.92 Å². The van der Waals surface area contributed by atoms with Crippen LogP contribution in [0.25, 0.3) is 6.08 Å². The second kappa shape index (κ2) is 8.86. The van der Waals surface area contributed by atoms with Gasteiger partial charge in [0.1, 0.15) is 28.6 Å². The number of furan rings is 1. The molecule has 2 aromatic rings. The molecular formula is C22H25NO6. The minimum Gasteiger partial charge on any atom is -0.497 e. The number of methoxy groups -OCH3 is 3. The van der Waals surface area contributed by atoms with E-state index in [-0.39, 0.29) is 11.9 Å². The summed E-state index contributed by atoms with van der Waals surface area (Å²) in [6.45, 7) is 2.34. The van der Waals surface area contributed by atoms with Crippen molar-refractivity contribution < 1.29 is 28.2 Å². The van der Waals surface area contributed by atoms with Gasteiger partial charge in [0.05, 0.1) is 27.4 Å². The summed E-state index contributed by atoms with van der Waals surface area (Å²) >= 11 is 0. The molecule has 1 aromatic carbocycles. The average molecular weight is 399 g/mol. The van der Waals surface area contributed by atoms with E-state index in [2.05, 4.69) is 0 Å². The quantitative estimate of drug-likeness (QED) is 0.544. The smallest absolute Gasteiger partial charge is 0.341 e. The molecule has 1 fully saturated rings. The lowest BCUT2D eigenvalue weighted by Gasteiger charge is -2.25. The fourth-order valence-electron chi connectivity index (χ4n) is 3.60. The van der Waals surface area contributed by atoms with Crippen molar-refractivity contribution in [3.8, 4) is 11.5 Å². The van der Waals surface area contributed by atoms with Gasteiger partial charge in [-0.1, -0.05) is 0 Å². The first-order valence-corrected chi connectivity index (χ1v) is 9.37. The largest absolute Gasteiger partial charge is 0.497 e. The number of carbonyl (C=O) groups excluding carboxylic acids is 2. The molecule has 0 bridgehead atoms. The van der Waals surface area contributed by atoms with Crippen molar-refractivity contribution in [2.45, 2.75) is 25.8 Å². The van der Waals surface area contributed by atoms with Crippen LogP contribution in [0.2, 0.25) is 0 Å². The highest BCUT2D eigenvalue weighted by atomic mass is 16.5. The molecule has 1 atom stereocenters. The van der Waals surface area contributed by atoms with Gasteiger partial charge in [0.25, 0.3) is 0 Å². The van der Waals surface area contributed by atoms with Crippen molar-refractivity contribution in [1.29, 1.82) is 0 Å². The molecule has 0 saturated carbocycles. The summed E-state index contributed by atoms with van der Waals surface area (Å²) in [6, 6.07) is 7.13. The third-order valence-corrected chi connectivity index (χ3v) is 5.07. The van der Waals surface area contributed by atoms with E-state index < -0.39 is 5.97 Å². The lowest BCUT2D eigenvalue weighted by Crippen LogP contribution is -2.29. The van der Waals surface area contributed by atoms with Gasteiger partial charge in [-0.2, -0.15) is 0 Å². The summed E-state index contributed by atoms with van der Waals surface area (Å²) in [7, 11) is 4.53. The normalized spacial score (nSPS) is 16.3. The molecule has 1 aromatic heterocycles. The molecule has 29 heavy (non-hydrogen) atoms. The Hall–Kier alpha value is -3.22. The maximum absolute atomic E-state index is 12.8. The molecule has 0 N–H and O–H groups in total. The van der Waals surface area contributed by atoms with Crippen LogP contribution in [0.1, 0.15) is 46.3 Å².